The molecule has 2 aromatic rings. The molecule has 0 aliphatic rings. The monoisotopic (exact) mass is 317 g/mol. The molecule has 1 amide bonds. The standard InChI is InChI=1S/C17H16ClNO3/c1-12-6-2-4-8-14(12)17(21)22-11-16(20)19-10-13-7-3-5-9-15(13)18/h2-9H,10-11H2,1H3,(H,19,20). The Balaban J connectivity index is 1.82. The number of ether oxygens (including phenoxy) is 1. The molecule has 0 spiro atoms. The Hall–Kier alpha value is -2.33. The third-order valence-corrected chi connectivity index (χ3v) is 3.50. The van der Waals surface area contributed by atoms with E-state index in [2.05, 4.69) is 5.32 Å². The van der Waals surface area contributed by atoms with Crippen molar-refractivity contribution in [3.05, 3.63) is 70.2 Å². The predicted molar refractivity (Wildman–Crippen MR) is 84.8 cm³/mol. The van der Waals surface area contributed by atoms with Gasteiger partial charge in [0.15, 0.2) is 6.61 Å². The average Bonchev–Trinajstić information content (AvgIpc) is 2.52. The van der Waals surface area contributed by atoms with Crippen LogP contribution in [0.3, 0.4) is 0 Å². The number of esters is 1. The van der Waals surface area contributed by atoms with Crippen LogP contribution in [0.1, 0.15) is 21.5 Å². The lowest BCUT2D eigenvalue weighted by molar-refractivity contribution is -0.124. The van der Waals surface area contributed by atoms with Crippen LogP contribution in [-0.2, 0) is 16.1 Å². The third-order valence-electron chi connectivity index (χ3n) is 3.13. The Kier molecular flexibility index (Phi) is 5.55. The Morgan fingerprint density at radius 2 is 1.77 bits per heavy atom. The molecule has 0 fully saturated rings. The van der Waals surface area contributed by atoms with E-state index in [0.29, 0.717) is 17.1 Å². The summed E-state index contributed by atoms with van der Waals surface area (Å²) in [4.78, 5) is 23.6. The van der Waals surface area contributed by atoms with Crippen molar-refractivity contribution < 1.29 is 14.3 Å². The molecule has 0 aliphatic carbocycles. The largest absolute Gasteiger partial charge is 0.452 e. The number of nitrogens with one attached hydrogen (secondary N) is 1. The van der Waals surface area contributed by atoms with E-state index in [1.165, 1.54) is 0 Å². The molecule has 2 aromatic carbocycles. The highest BCUT2D eigenvalue weighted by Crippen LogP contribution is 2.14. The molecule has 0 saturated carbocycles. The number of hydrogen-bond donors (Lipinski definition) is 1. The minimum Gasteiger partial charge on any atom is -0.452 e. The van der Waals surface area contributed by atoms with Gasteiger partial charge in [0.1, 0.15) is 0 Å². The number of hydrogen-bond acceptors (Lipinski definition) is 3. The summed E-state index contributed by atoms with van der Waals surface area (Å²) in [5.41, 5.74) is 2.08. The molecule has 0 unspecified atom stereocenters. The van der Waals surface area contributed by atoms with E-state index in [1.807, 2.05) is 37.3 Å². The maximum absolute atomic E-state index is 11.9. The molecule has 0 heterocycles. The Labute approximate surface area is 134 Å². The summed E-state index contributed by atoms with van der Waals surface area (Å²) in [5, 5.41) is 3.24. The van der Waals surface area contributed by atoms with Crippen molar-refractivity contribution in [2.24, 2.45) is 0 Å². The van der Waals surface area contributed by atoms with Gasteiger partial charge in [-0.1, -0.05) is 48.0 Å². The second kappa shape index (κ2) is 7.61. The first-order chi connectivity index (χ1) is 10.6. The topological polar surface area (TPSA) is 55.4 Å². The van der Waals surface area contributed by atoms with Crippen molar-refractivity contribution >= 4 is 23.5 Å². The molecule has 114 valence electrons. The maximum Gasteiger partial charge on any atom is 0.338 e. The van der Waals surface area contributed by atoms with E-state index in [-0.39, 0.29) is 12.5 Å². The van der Waals surface area contributed by atoms with E-state index in [1.54, 1.807) is 18.2 Å². The number of aryl methyl sites for hydroxylation is 1. The average molecular weight is 318 g/mol. The zero-order valence-electron chi connectivity index (χ0n) is 12.1. The van der Waals surface area contributed by atoms with Crippen LogP contribution in [0.25, 0.3) is 0 Å². The van der Waals surface area contributed by atoms with E-state index in [4.69, 9.17) is 16.3 Å². The van der Waals surface area contributed by atoms with Gasteiger partial charge in [0.2, 0.25) is 0 Å². The normalized spacial score (nSPS) is 10.1. The molecule has 0 bridgehead atoms. The van der Waals surface area contributed by atoms with Crippen LogP contribution >= 0.6 is 11.6 Å². The Morgan fingerprint density at radius 1 is 1.09 bits per heavy atom. The van der Waals surface area contributed by atoms with Gasteiger partial charge in [0.05, 0.1) is 5.56 Å². The Morgan fingerprint density at radius 3 is 2.50 bits per heavy atom. The maximum atomic E-state index is 11.9. The summed E-state index contributed by atoms with van der Waals surface area (Å²) in [6.45, 7) is 1.78. The highest BCUT2D eigenvalue weighted by molar-refractivity contribution is 6.31. The van der Waals surface area contributed by atoms with E-state index < -0.39 is 5.97 Å². The lowest BCUT2D eigenvalue weighted by atomic mass is 10.1. The summed E-state index contributed by atoms with van der Waals surface area (Å²) in [5.74, 6) is -0.882. The van der Waals surface area contributed by atoms with Gasteiger partial charge in [0.25, 0.3) is 5.91 Å². The fourth-order valence-corrected chi connectivity index (χ4v) is 2.10. The van der Waals surface area contributed by atoms with Crippen LogP contribution in [0.4, 0.5) is 0 Å². The number of benzene rings is 2. The lowest BCUT2D eigenvalue weighted by Crippen LogP contribution is -2.28. The number of amides is 1. The van der Waals surface area contributed by atoms with Gasteiger partial charge in [-0.2, -0.15) is 0 Å². The van der Waals surface area contributed by atoms with Crippen LogP contribution in [0.15, 0.2) is 48.5 Å². The van der Waals surface area contributed by atoms with Crippen molar-refractivity contribution in [1.82, 2.24) is 5.32 Å². The molecular formula is C17H16ClNO3. The minimum absolute atomic E-state index is 0.292. The van der Waals surface area contributed by atoms with Crippen molar-refractivity contribution in [1.29, 1.82) is 0 Å². The summed E-state index contributed by atoms with van der Waals surface area (Å²) in [6, 6.07) is 14.3. The van der Waals surface area contributed by atoms with Crippen LogP contribution in [-0.4, -0.2) is 18.5 Å². The van der Waals surface area contributed by atoms with E-state index in [0.717, 1.165) is 11.1 Å². The zero-order valence-corrected chi connectivity index (χ0v) is 12.9. The SMILES string of the molecule is Cc1ccccc1C(=O)OCC(=O)NCc1ccccc1Cl. The molecule has 22 heavy (non-hydrogen) atoms. The van der Waals surface area contributed by atoms with E-state index in [9.17, 15) is 9.59 Å². The van der Waals surface area contributed by atoms with Gasteiger partial charge in [-0.05, 0) is 30.2 Å². The van der Waals surface area contributed by atoms with Crippen molar-refractivity contribution in [3.8, 4) is 0 Å². The molecule has 0 aromatic heterocycles. The molecule has 1 N–H and O–H groups in total. The number of carbonyl (C=O) groups excluding carboxylic acids is 2. The molecule has 5 heteroatoms. The summed E-state index contributed by atoms with van der Waals surface area (Å²) in [6.07, 6.45) is 0. The highest BCUT2D eigenvalue weighted by atomic mass is 35.5. The molecular weight excluding hydrogens is 302 g/mol. The lowest BCUT2D eigenvalue weighted by Gasteiger charge is -2.08. The first kappa shape index (κ1) is 16.0. The fourth-order valence-electron chi connectivity index (χ4n) is 1.90. The van der Waals surface area contributed by atoms with Crippen molar-refractivity contribution in [3.63, 3.8) is 0 Å². The van der Waals surface area contributed by atoms with Crippen LogP contribution in [0, 0.1) is 6.92 Å². The summed E-state index contributed by atoms with van der Waals surface area (Å²) >= 11 is 6.00. The van der Waals surface area contributed by atoms with Gasteiger partial charge in [-0.25, -0.2) is 4.79 Å². The second-order valence-electron chi connectivity index (χ2n) is 4.76. The summed E-state index contributed by atoms with van der Waals surface area (Å²) < 4.78 is 5.01. The van der Waals surface area contributed by atoms with E-state index >= 15 is 0 Å². The van der Waals surface area contributed by atoms with Crippen molar-refractivity contribution in [2.45, 2.75) is 13.5 Å². The van der Waals surface area contributed by atoms with Crippen LogP contribution in [0.2, 0.25) is 5.02 Å². The molecule has 2 rings (SSSR count). The number of rotatable bonds is 5. The smallest absolute Gasteiger partial charge is 0.338 e. The number of halogens is 1. The van der Waals surface area contributed by atoms with Gasteiger partial charge in [-0.3, -0.25) is 4.79 Å². The first-order valence-corrected chi connectivity index (χ1v) is 7.18. The van der Waals surface area contributed by atoms with Gasteiger partial charge < -0.3 is 10.1 Å². The quantitative estimate of drug-likeness (QED) is 0.862. The van der Waals surface area contributed by atoms with Gasteiger partial charge >= 0.3 is 5.97 Å². The predicted octanol–water partition coefficient (Wildman–Crippen LogP) is 3.12. The molecule has 0 radical (unpaired) electrons. The molecule has 0 aliphatic heterocycles. The Bertz CT molecular complexity index is 685. The number of carbonyl (C=O) groups is 2. The summed E-state index contributed by atoms with van der Waals surface area (Å²) in [7, 11) is 0. The molecule has 0 atom stereocenters. The van der Waals surface area contributed by atoms with Crippen LogP contribution in [0.5, 0.6) is 0 Å². The van der Waals surface area contributed by atoms with Gasteiger partial charge in [-0.15, -0.1) is 0 Å². The minimum atomic E-state index is -0.508. The first-order valence-electron chi connectivity index (χ1n) is 6.81. The van der Waals surface area contributed by atoms with Crippen molar-refractivity contribution in [2.75, 3.05) is 6.61 Å². The van der Waals surface area contributed by atoms with Gasteiger partial charge in [0, 0.05) is 11.6 Å². The fraction of sp³-hybridized carbons (Fsp3) is 0.176. The zero-order chi connectivity index (χ0) is 15.9. The molecule has 0 saturated heterocycles. The highest BCUT2D eigenvalue weighted by Gasteiger charge is 2.12. The molecule has 4 nitrogen and oxygen atoms in total. The second-order valence-corrected chi connectivity index (χ2v) is 5.17. The third kappa shape index (κ3) is 4.33. The van der Waals surface area contributed by atoms with Crippen LogP contribution < -0.4 is 5.32 Å².